The Balaban J connectivity index is 1.74. The molecule has 0 aliphatic heterocycles. The van der Waals surface area contributed by atoms with Crippen molar-refractivity contribution in [3.05, 3.63) is 131 Å². The van der Waals surface area contributed by atoms with Crippen LogP contribution in [-0.2, 0) is 38.1 Å². The van der Waals surface area contributed by atoms with Gasteiger partial charge in [-0.3, -0.25) is 0 Å². The maximum atomic E-state index is 14.1. The number of rotatable bonds is 10. The molecule has 2 aliphatic rings. The van der Waals surface area contributed by atoms with Crippen molar-refractivity contribution in [3.63, 3.8) is 0 Å². The number of halogens is 3. The second-order valence-corrected chi connectivity index (χ2v) is 11.6. The molecule has 0 saturated heterocycles. The van der Waals surface area contributed by atoms with E-state index in [0.29, 0.717) is 36.3 Å². The first kappa shape index (κ1) is 32.4. The molecule has 0 saturated carbocycles. The highest BCUT2D eigenvalue weighted by Gasteiger charge is 2.33. The van der Waals surface area contributed by atoms with Gasteiger partial charge in [-0.25, -0.2) is 9.59 Å². The van der Waals surface area contributed by atoms with Gasteiger partial charge in [0.2, 0.25) is 0 Å². The minimum Gasteiger partial charge on any atom is -0.424 e. The van der Waals surface area contributed by atoms with Gasteiger partial charge >= 0.3 is 18.1 Å². The van der Waals surface area contributed by atoms with Gasteiger partial charge in [0.25, 0.3) is 0 Å². The second-order valence-electron chi connectivity index (χ2n) is 11.6. The quantitative estimate of drug-likeness (QED) is 0.206. The van der Waals surface area contributed by atoms with Crippen LogP contribution in [0, 0.1) is 10.8 Å². The van der Waals surface area contributed by atoms with Crippen molar-refractivity contribution in [1.29, 1.82) is 0 Å². The van der Waals surface area contributed by atoms with Crippen molar-refractivity contribution < 1.29 is 32.2 Å². The molecule has 0 fully saturated rings. The number of hydrogen-bond donors (Lipinski definition) is 0. The molecule has 1 aromatic carbocycles. The summed E-state index contributed by atoms with van der Waals surface area (Å²) in [7, 11) is 0. The predicted molar refractivity (Wildman–Crippen MR) is 159 cm³/mol. The molecular weight excluding hydrogens is 541 g/mol. The van der Waals surface area contributed by atoms with Crippen LogP contribution >= 0.6 is 0 Å². The van der Waals surface area contributed by atoms with E-state index in [0.717, 1.165) is 23.3 Å². The first-order chi connectivity index (χ1) is 19.6. The van der Waals surface area contributed by atoms with Gasteiger partial charge in [0.05, 0.1) is 5.56 Å². The van der Waals surface area contributed by atoms with E-state index in [-0.39, 0.29) is 12.0 Å². The van der Waals surface area contributed by atoms with Crippen molar-refractivity contribution in [2.24, 2.45) is 10.8 Å². The van der Waals surface area contributed by atoms with E-state index >= 15 is 0 Å². The average Bonchev–Trinajstić information content (AvgIpc) is 3.14. The summed E-state index contributed by atoms with van der Waals surface area (Å²) in [5.74, 6) is -0.379. The van der Waals surface area contributed by atoms with Gasteiger partial charge in [-0.05, 0) is 67.2 Å². The molecule has 0 spiro atoms. The molecule has 4 nitrogen and oxygen atoms in total. The number of hydrogen-bond acceptors (Lipinski definition) is 4. The van der Waals surface area contributed by atoms with Crippen molar-refractivity contribution in [2.45, 2.75) is 59.6 Å². The number of alkyl halides is 3. The van der Waals surface area contributed by atoms with Gasteiger partial charge in [0, 0.05) is 23.0 Å². The third-order valence-corrected chi connectivity index (χ3v) is 6.70. The van der Waals surface area contributed by atoms with Crippen LogP contribution in [0.4, 0.5) is 13.2 Å². The van der Waals surface area contributed by atoms with E-state index in [2.05, 4.69) is 13.2 Å². The SMILES string of the molecule is C=CC(=O)OC1=CC(C)(C)C=C(CCc2ccc(CCC3=CC(C)(C)C=C(OC(=O)C=C)C=C3)c(C(F)(F)F)c2)C=C1. The minimum atomic E-state index is -4.50. The van der Waals surface area contributed by atoms with Crippen LogP contribution in [0.15, 0.2) is 115 Å². The lowest BCUT2D eigenvalue weighted by Gasteiger charge is -2.18. The Morgan fingerprint density at radius 3 is 1.67 bits per heavy atom. The smallest absolute Gasteiger partial charge is 0.416 e. The first-order valence-corrected chi connectivity index (χ1v) is 13.7. The lowest BCUT2D eigenvalue weighted by atomic mass is 9.88. The molecule has 0 bridgehead atoms. The van der Waals surface area contributed by atoms with Gasteiger partial charge < -0.3 is 9.47 Å². The Kier molecular flexibility index (Phi) is 10.2. The molecule has 42 heavy (non-hydrogen) atoms. The van der Waals surface area contributed by atoms with Gasteiger partial charge in [0.15, 0.2) is 0 Å². The summed E-state index contributed by atoms with van der Waals surface area (Å²) in [6.07, 6.45) is 13.7. The van der Waals surface area contributed by atoms with Crippen molar-refractivity contribution >= 4 is 11.9 Å². The summed E-state index contributed by atoms with van der Waals surface area (Å²) < 4.78 is 53.0. The van der Waals surface area contributed by atoms with Crippen LogP contribution in [0.2, 0.25) is 0 Å². The van der Waals surface area contributed by atoms with E-state index in [1.165, 1.54) is 6.07 Å². The number of ether oxygens (including phenoxy) is 2. The third kappa shape index (κ3) is 9.75. The Morgan fingerprint density at radius 1 is 0.738 bits per heavy atom. The monoisotopic (exact) mass is 578 g/mol. The molecule has 7 heteroatoms. The third-order valence-electron chi connectivity index (χ3n) is 6.70. The van der Waals surface area contributed by atoms with Gasteiger partial charge in [-0.15, -0.1) is 0 Å². The number of benzene rings is 1. The van der Waals surface area contributed by atoms with Crippen molar-refractivity contribution in [1.82, 2.24) is 0 Å². The van der Waals surface area contributed by atoms with Crippen LogP contribution in [0.1, 0.15) is 57.2 Å². The molecule has 0 unspecified atom stereocenters. The highest BCUT2D eigenvalue weighted by atomic mass is 19.4. The van der Waals surface area contributed by atoms with Crippen molar-refractivity contribution in [2.75, 3.05) is 0 Å². The lowest BCUT2D eigenvalue weighted by molar-refractivity contribution is -0.138. The highest BCUT2D eigenvalue weighted by molar-refractivity contribution is 5.82. The molecule has 0 radical (unpaired) electrons. The van der Waals surface area contributed by atoms with Crippen LogP contribution in [0.3, 0.4) is 0 Å². The minimum absolute atomic E-state index is 0.198. The van der Waals surface area contributed by atoms with E-state index in [1.807, 2.05) is 52.0 Å². The maximum absolute atomic E-state index is 14.1. The maximum Gasteiger partial charge on any atom is 0.416 e. The van der Waals surface area contributed by atoms with Gasteiger partial charge in [-0.2, -0.15) is 13.2 Å². The fourth-order valence-corrected chi connectivity index (χ4v) is 4.93. The molecule has 0 atom stereocenters. The zero-order chi connectivity index (χ0) is 31.1. The number of allylic oxidation sites excluding steroid dienone is 10. The largest absolute Gasteiger partial charge is 0.424 e. The summed E-state index contributed by atoms with van der Waals surface area (Å²) >= 11 is 0. The van der Waals surface area contributed by atoms with E-state index in [9.17, 15) is 22.8 Å². The normalized spacial score (nSPS) is 17.5. The topological polar surface area (TPSA) is 52.6 Å². The summed E-state index contributed by atoms with van der Waals surface area (Å²) in [6.45, 7) is 14.6. The zero-order valence-corrected chi connectivity index (χ0v) is 24.5. The van der Waals surface area contributed by atoms with Crippen molar-refractivity contribution in [3.8, 4) is 0 Å². The molecule has 222 valence electrons. The predicted octanol–water partition coefficient (Wildman–Crippen LogP) is 8.84. The van der Waals surface area contributed by atoms with E-state index < -0.39 is 34.5 Å². The number of esters is 2. The zero-order valence-electron chi connectivity index (χ0n) is 24.5. The molecular formula is C35H37F3O4. The van der Waals surface area contributed by atoms with E-state index in [4.69, 9.17) is 9.47 Å². The molecule has 2 aliphatic carbocycles. The number of carbonyl (C=O) groups excluding carboxylic acids is 2. The summed E-state index contributed by atoms with van der Waals surface area (Å²) in [5.41, 5.74) is 1.06. The standard InChI is InChI=1S/C35H37F3O4/c1-7-31(39)41-28-17-13-25(20-33(3,4)22-28)10-9-24-11-15-27(30(19-24)35(36,37)38)16-12-26-14-18-29(42-32(40)8-2)23-34(5,6)21-26/h7-8,11,13-15,17-23H,1-2,9-10,12,16H2,3-6H3. The van der Waals surface area contributed by atoms with Gasteiger partial charge in [-0.1, -0.05) is 88.4 Å². The Labute approximate surface area is 246 Å². The highest BCUT2D eigenvalue weighted by Crippen LogP contribution is 2.36. The van der Waals surface area contributed by atoms with E-state index in [1.54, 1.807) is 36.4 Å². The lowest BCUT2D eigenvalue weighted by Crippen LogP contribution is -2.11. The summed E-state index contributed by atoms with van der Waals surface area (Å²) in [4.78, 5) is 23.2. The Hall–Kier alpha value is -4.13. The molecule has 1 aromatic rings. The average molecular weight is 579 g/mol. The van der Waals surface area contributed by atoms with Crippen LogP contribution < -0.4 is 0 Å². The number of carbonyl (C=O) groups is 2. The molecule has 0 aromatic heterocycles. The molecule has 0 N–H and O–H groups in total. The Morgan fingerprint density at radius 2 is 1.21 bits per heavy atom. The Bertz CT molecular complexity index is 1430. The van der Waals surface area contributed by atoms with Crippen LogP contribution in [0.5, 0.6) is 0 Å². The second kappa shape index (κ2) is 13.2. The molecule has 3 rings (SSSR count). The van der Waals surface area contributed by atoms with Crippen LogP contribution in [0.25, 0.3) is 0 Å². The summed E-state index contributed by atoms with van der Waals surface area (Å²) in [5, 5.41) is 0. The van der Waals surface area contributed by atoms with Crippen LogP contribution in [-0.4, -0.2) is 11.9 Å². The first-order valence-electron chi connectivity index (χ1n) is 13.7. The fourth-order valence-electron chi connectivity index (χ4n) is 4.93. The molecule has 0 heterocycles. The summed E-state index contributed by atoms with van der Waals surface area (Å²) in [6, 6.07) is 4.56. The van der Waals surface area contributed by atoms with Gasteiger partial charge in [0.1, 0.15) is 11.5 Å². The fraction of sp³-hybridized carbons (Fsp3) is 0.314. The number of aryl methyl sites for hydroxylation is 2. The molecule has 0 amide bonds.